The molecule has 0 aromatic heterocycles. The summed E-state index contributed by atoms with van der Waals surface area (Å²) >= 11 is 0. The van der Waals surface area contributed by atoms with Gasteiger partial charge in [-0.1, -0.05) is 24.3 Å². The summed E-state index contributed by atoms with van der Waals surface area (Å²) in [5, 5.41) is 8.80. The average Bonchev–Trinajstić information content (AvgIpc) is 2.54. The van der Waals surface area contributed by atoms with Gasteiger partial charge in [-0.3, -0.25) is 0 Å². The topological polar surface area (TPSA) is 66.4 Å². The first-order valence-electron chi connectivity index (χ1n) is 7.45. The highest BCUT2D eigenvalue weighted by atomic mass is 32.2. The van der Waals surface area contributed by atoms with Gasteiger partial charge in [0.2, 0.25) is 10.0 Å². The van der Waals surface area contributed by atoms with Crippen molar-refractivity contribution in [2.24, 2.45) is 0 Å². The van der Waals surface area contributed by atoms with E-state index in [4.69, 9.17) is 5.11 Å². The van der Waals surface area contributed by atoms with Crippen LogP contribution in [0.3, 0.4) is 0 Å². The molecule has 124 valence electrons. The summed E-state index contributed by atoms with van der Waals surface area (Å²) in [5.74, 6) is -0.467. The van der Waals surface area contributed by atoms with Crippen molar-refractivity contribution in [1.82, 2.24) is 4.72 Å². The monoisotopic (exact) mass is 337 g/mol. The summed E-state index contributed by atoms with van der Waals surface area (Å²) < 4.78 is 39.4. The van der Waals surface area contributed by atoms with E-state index in [9.17, 15) is 12.8 Å². The van der Waals surface area contributed by atoms with Crippen LogP contribution in [-0.2, 0) is 22.9 Å². The molecule has 4 nitrogen and oxygen atoms in total. The molecular formula is C17H20FNO3S. The third-order valence-electron chi connectivity index (χ3n) is 3.48. The predicted octanol–water partition coefficient (Wildman–Crippen LogP) is 2.27. The second-order valence-electron chi connectivity index (χ2n) is 5.25. The molecule has 23 heavy (non-hydrogen) atoms. The zero-order valence-electron chi connectivity index (χ0n) is 12.7. The Kier molecular flexibility index (Phi) is 6.27. The number of hydrogen-bond donors (Lipinski definition) is 2. The molecule has 0 aliphatic carbocycles. The van der Waals surface area contributed by atoms with Gasteiger partial charge in [0.25, 0.3) is 0 Å². The van der Waals surface area contributed by atoms with E-state index in [1.807, 2.05) is 24.3 Å². The number of hydrogen-bond acceptors (Lipinski definition) is 3. The number of halogens is 1. The Hall–Kier alpha value is -1.76. The van der Waals surface area contributed by atoms with Crippen molar-refractivity contribution in [3.05, 3.63) is 65.5 Å². The van der Waals surface area contributed by atoms with Crippen LogP contribution < -0.4 is 4.72 Å². The van der Waals surface area contributed by atoms with Gasteiger partial charge in [0.1, 0.15) is 5.82 Å². The summed E-state index contributed by atoms with van der Waals surface area (Å²) in [4.78, 5) is 0.0539. The highest BCUT2D eigenvalue weighted by Gasteiger charge is 2.13. The van der Waals surface area contributed by atoms with Crippen LogP contribution in [0.1, 0.15) is 17.5 Å². The van der Waals surface area contributed by atoms with Crippen molar-refractivity contribution >= 4 is 10.0 Å². The van der Waals surface area contributed by atoms with E-state index in [-0.39, 0.29) is 18.0 Å². The van der Waals surface area contributed by atoms with E-state index in [0.717, 1.165) is 36.1 Å². The second-order valence-corrected chi connectivity index (χ2v) is 7.01. The van der Waals surface area contributed by atoms with E-state index in [1.54, 1.807) is 0 Å². The van der Waals surface area contributed by atoms with Crippen LogP contribution in [-0.4, -0.2) is 26.7 Å². The number of aryl methyl sites for hydroxylation is 1. The van der Waals surface area contributed by atoms with Crippen molar-refractivity contribution in [2.75, 3.05) is 13.2 Å². The van der Waals surface area contributed by atoms with Gasteiger partial charge < -0.3 is 5.11 Å². The fourth-order valence-corrected chi connectivity index (χ4v) is 3.21. The van der Waals surface area contributed by atoms with Crippen LogP contribution in [0.25, 0.3) is 0 Å². The predicted molar refractivity (Wildman–Crippen MR) is 87.1 cm³/mol. The third-order valence-corrected chi connectivity index (χ3v) is 4.95. The molecule has 2 aromatic carbocycles. The van der Waals surface area contributed by atoms with Crippen molar-refractivity contribution in [3.63, 3.8) is 0 Å². The minimum Gasteiger partial charge on any atom is -0.396 e. The van der Waals surface area contributed by atoms with E-state index < -0.39 is 15.8 Å². The van der Waals surface area contributed by atoms with E-state index in [2.05, 4.69) is 4.72 Å². The maximum atomic E-state index is 12.8. The molecule has 0 spiro atoms. The van der Waals surface area contributed by atoms with Crippen molar-refractivity contribution < 1.29 is 17.9 Å². The molecule has 0 atom stereocenters. The summed E-state index contributed by atoms with van der Waals surface area (Å²) in [6, 6.07) is 12.6. The molecule has 2 aromatic rings. The van der Waals surface area contributed by atoms with E-state index >= 15 is 0 Å². The quantitative estimate of drug-likeness (QED) is 0.776. The fraction of sp³-hybridized carbons (Fsp3) is 0.294. The van der Waals surface area contributed by atoms with Gasteiger partial charge in [0.05, 0.1) is 4.90 Å². The Morgan fingerprint density at radius 1 is 0.913 bits per heavy atom. The number of aliphatic hydroxyl groups excluding tert-OH is 1. The maximum Gasteiger partial charge on any atom is 0.240 e. The molecule has 0 unspecified atom stereocenters. The van der Waals surface area contributed by atoms with Gasteiger partial charge >= 0.3 is 0 Å². The summed E-state index contributed by atoms with van der Waals surface area (Å²) in [6.45, 7) is 0.447. The number of nitrogens with one attached hydrogen (secondary N) is 1. The lowest BCUT2D eigenvalue weighted by atomic mass is 10.1. The molecule has 0 saturated carbocycles. The first-order valence-corrected chi connectivity index (χ1v) is 8.93. The van der Waals surface area contributed by atoms with Crippen LogP contribution in [0.2, 0.25) is 0 Å². The highest BCUT2D eigenvalue weighted by Crippen LogP contribution is 2.10. The highest BCUT2D eigenvalue weighted by molar-refractivity contribution is 7.89. The largest absolute Gasteiger partial charge is 0.396 e. The molecular weight excluding hydrogens is 317 g/mol. The molecule has 0 radical (unpaired) electrons. The Balaban J connectivity index is 1.87. The average molecular weight is 337 g/mol. The standard InChI is InChI=1S/C17H20FNO3S/c18-16-7-9-17(10-8-16)23(21,22)19-12-11-15-5-3-14(4-6-15)2-1-13-20/h3-10,19-20H,1-2,11-13H2. The molecule has 0 saturated heterocycles. The Labute approximate surface area is 136 Å². The zero-order valence-corrected chi connectivity index (χ0v) is 13.5. The Bertz CT molecular complexity index is 713. The molecule has 0 bridgehead atoms. The van der Waals surface area contributed by atoms with Crippen molar-refractivity contribution in [3.8, 4) is 0 Å². The number of benzene rings is 2. The summed E-state index contributed by atoms with van der Waals surface area (Å²) in [6.07, 6.45) is 2.13. The maximum absolute atomic E-state index is 12.8. The molecule has 6 heteroatoms. The van der Waals surface area contributed by atoms with Gasteiger partial charge in [-0.25, -0.2) is 17.5 Å². The van der Waals surface area contributed by atoms with Gasteiger partial charge in [0.15, 0.2) is 0 Å². The zero-order chi connectivity index (χ0) is 16.7. The van der Waals surface area contributed by atoms with Crippen LogP contribution in [0.4, 0.5) is 4.39 Å². The minimum absolute atomic E-state index is 0.0539. The SMILES string of the molecule is O=S(=O)(NCCc1ccc(CCCO)cc1)c1ccc(F)cc1. The first-order chi connectivity index (χ1) is 11.0. The number of rotatable bonds is 8. The number of sulfonamides is 1. The summed E-state index contributed by atoms with van der Waals surface area (Å²) in [5.41, 5.74) is 2.18. The van der Waals surface area contributed by atoms with Crippen LogP contribution in [0, 0.1) is 5.82 Å². The van der Waals surface area contributed by atoms with Crippen LogP contribution >= 0.6 is 0 Å². The smallest absolute Gasteiger partial charge is 0.240 e. The Morgan fingerprint density at radius 2 is 1.48 bits per heavy atom. The minimum atomic E-state index is -3.61. The first kappa shape index (κ1) is 17.6. The van der Waals surface area contributed by atoms with Gasteiger partial charge in [-0.05, 0) is 54.7 Å². The lowest BCUT2D eigenvalue weighted by Crippen LogP contribution is -2.26. The van der Waals surface area contributed by atoms with Gasteiger partial charge in [-0.2, -0.15) is 0 Å². The normalized spacial score (nSPS) is 11.6. The number of aliphatic hydroxyl groups is 1. The van der Waals surface area contributed by atoms with E-state index in [0.29, 0.717) is 6.42 Å². The fourth-order valence-electron chi connectivity index (χ4n) is 2.18. The van der Waals surface area contributed by atoms with Crippen LogP contribution in [0.15, 0.2) is 53.4 Å². The lowest BCUT2D eigenvalue weighted by Gasteiger charge is -2.07. The summed E-state index contributed by atoms with van der Waals surface area (Å²) in [7, 11) is -3.61. The lowest BCUT2D eigenvalue weighted by molar-refractivity contribution is 0.288. The second kappa shape index (κ2) is 8.19. The van der Waals surface area contributed by atoms with E-state index in [1.165, 1.54) is 12.1 Å². The molecule has 2 N–H and O–H groups in total. The van der Waals surface area contributed by atoms with Gasteiger partial charge in [0, 0.05) is 13.2 Å². The molecule has 2 rings (SSSR count). The molecule has 0 amide bonds. The van der Waals surface area contributed by atoms with Crippen molar-refractivity contribution in [1.29, 1.82) is 0 Å². The molecule has 0 aliphatic rings. The Morgan fingerprint density at radius 3 is 2.04 bits per heavy atom. The molecule has 0 heterocycles. The van der Waals surface area contributed by atoms with Gasteiger partial charge in [-0.15, -0.1) is 0 Å². The third kappa shape index (κ3) is 5.42. The van der Waals surface area contributed by atoms with Crippen molar-refractivity contribution in [2.45, 2.75) is 24.2 Å². The molecule has 0 fully saturated rings. The van der Waals surface area contributed by atoms with Crippen LogP contribution in [0.5, 0.6) is 0 Å². The molecule has 0 aliphatic heterocycles.